The Hall–Kier alpha value is -0.600. The molecule has 2 heteroatoms. The molecule has 0 saturated heterocycles. The lowest BCUT2D eigenvalue weighted by molar-refractivity contribution is -0.0875. The third kappa shape index (κ3) is 14.4. The second-order valence-electron chi connectivity index (χ2n) is 11.0. The van der Waals surface area contributed by atoms with Crippen LogP contribution in [0.1, 0.15) is 162 Å². The van der Waals surface area contributed by atoms with Crippen molar-refractivity contribution in [3.8, 4) is 0 Å². The second kappa shape index (κ2) is 18.7. The summed E-state index contributed by atoms with van der Waals surface area (Å²) in [5.41, 5.74) is 0.725. The predicted molar refractivity (Wildman–Crippen MR) is 145 cm³/mol. The predicted octanol–water partition coefficient (Wildman–Crippen LogP) is 9.79. The van der Waals surface area contributed by atoms with Gasteiger partial charge in [-0.2, -0.15) is 0 Å². The van der Waals surface area contributed by atoms with Crippen LogP contribution in [-0.4, -0.2) is 16.0 Å². The zero-order valence-electron chi connectivity index (χ0n) is 22.7. The Bertz CT molecular complexity index is 493. The first-order valence-electron chi connectivity index (χ1n) is 14.8. The molecule has 2 nitrogen and oxygen atoms in total. The van der Waals surface area contributed by atoms with Crippen molar-refractivity contribution in [3.05, 3.63) is 23.8 Å². The fourth-order valence-corrected chi connectivity index (χ4v) is 5.32. The van der Waals surface area contributed by atoms with Crippen molar-refractivity contribution in [2.45, 2.75) is 168 Å². The number of aliphatic hydroxyl groups is 2. The van der Waals surface area contributed by atoms with Crippen LogP contribution in [0.3, 0.4) is 0 Å². The molecule has 0 bridgehead atoms. The van der Waals surface area contributed by atoms with E-state index in [2.05, 4.69) is 26.0 Å². The zero-order valence-corrected chi connectivity index (χ0v) is 22.7. The maximum atomic E-state index is 10.2. The van der Waals surface area contributed by atoms with Gasteiger partial charge in [-0.25, -0.2) is 0 Å². The van der Waals surface area contributed by atoms with Crippen LogP contribution in [0.2, 0.25) is 0 Å². The summed E-state index contributed by atoms with van der Waals surface area (Å²) < 4.78 is 0. The molecule has 0 aromatic rings. The Morgan fingerprint density at radius 1 is 0.515 bits per heavy atom. The molecular weight excluding hydrogens is 404 g/mol. The first kappa shape index (κ1) is 30.4. The van der Waals surface area contributed by atoms with E-state index in [-0.39, 0.29) is 5.41 Å². The van der Waals surface area contributed by atoms with E-state index in [4.69, 9.17) is 0 Å². The molecule has 2 N–H and O–H groups in total. The molecule has 0 radical (unpaired) electrons. The highest BCUT2D eigenvalue weighted by atomic mass is 16.5. The van der Waals surface area contributed by atoms with Gasteiger partial charge in [0.15, 0.2) is 0 Å². The van der Waals surface area contributed by atoms with Gasteiger partial charge in [0.05, 0.1) is 0 Å². The quantitative estimate of drug-likeness (QED) is 0.0954. The van der Waals surface area contributed by atoms with Gasteiger partial charge in [0.2, 0.25) is 5.79 Å². The molecule has 0 fully saturated rings. The number of rotatable bonds is 22. The summed E-state index contributed by atoms with van der Waals surface area (Å²) in [7, 11) is 0. The molecule has 1 aliphatic carbocycles. The van der Waals surface area contributed by atoms with E-state index in [0.29, 0.717) is 5.57 Å². The van der Waals surface area contributed by atoms with Crippen molar-refractivity contribution < 1.29 is 10.2 Å². The molecule has 0 unspecified atom stereocenters. The second-order valence-corrected chi connectivity index (χ2v) is 11.0. The SMILES string of the molecule is CCCCCCCCCCCCC1(CCCCCCCCCCCC)C=CC(O)(O)C(C)=C1. The van der Waals surface area contributed by atoms with Crippen LogP contribution >= 0.6 is 0 Å². The normalized spacial score (nSPS) is 16.8. The molecule has 33 heavy (non-hydrogen) atoms. The van der Waals surface area contributed by atoms with Crippen LogP contribution in [0.5, 0.6) is 0 Å². The van der Waals surface area contributed by atoms with E-state index in [1.165, 1.54) is 128 Å². The highest BCUT2D eigenvalue weighted by Crippen LogP contribution is 2.41. The van der Waals surface area contributed by atoms with Gasteiger partial charge < -0.3 is 10.2 Å². The molecule has 0 aliphatic heterocycles. The summed E-state index contributed by atoms with van der Waals surface area (Å²) in [6.45, 7) is 6.43. The van der Waals surface area contributed by atoms with E-state index in [9.17, 15) is 10.2 Å². The fourth-order valence-electron chi connectivity index (χ4n) is 5.32. The van der Waals surface area contributed by atoms with Gasteiger partial charge >= 0.3 is 0 Å². The lowest BCUT2D eigenvalue weighted by Gasteiger charge is -2.35. The van der Waals surface area contributed by atoms with Gasteiger partial charge in [0.25, 0.3) is 0 Å². The van der Waals surface area contributed by atoms with E-state index >= 15 is 0 Å². The van der Waals surface area contributed by atoms with Crippen LogP contribution < -0.4 is 0 Å². The highest BCUT2D eigenvalue weighted by Gasteiger charge is 2.34. The molecule has 0 aromatic carbocycles. The van der Waals surface area contributed by atoms with Gasteiger partial charge in [0.1, 0.15) is 0 Å². The minimum atomic E-state index is -1.75. The standard InChI is InChI=1S/C31H58O2/c1-4-6-8-10-12-14-16-18-20-22-24-30(26-27-31(32,33)29(3)28-30)25-23-21-19-17-15-13-11-9-7-5-2/h26-28,32-33H,4-25H2,1-3H3. The topological polar surface area (TPSA) is 40.5 Å². The third-order valence-corrected chi connectivity index (χ3v) is 7.72. The van der Waals surface area contributed by atoms with Gasteiger partial charge in [-0.05, 0) is 31.4 Å². The van der Waals surface area contributed by atoms with Crippen molar-refractivity contribution in [2.24, 2.45) is 5.41 Å². The lowest BCUT2D eigenvalue weighted by atomic mass is 9.72. The van der Waals surface area contributed by atoms with Gasteiger partial charge in [0, 0.05) is 5.41 Å². The molecule has 0 aromatic heterocycles. The van der Waals surface area contributed by atoms with Crippen LogP contribution in [0, 0.1) is 5.41 Å². The Kier molecular flexibility index (Phi) is 17.2. The minimum Gasteiger partial charge on any atom is -0.359 e. The molecule has 0 amide bonds. The summed E-state index contributed by atoms with van der Waals surface area (Å²) >= 11 is 0. The van der Waals surface area contributed by atoms with E-state index in [1.54, 1.807) is 6.08 Å². The maximum Gasteiger partial charge on any atom is 0.205 e. The number of hydrogen-bond donors (Lipinski definition) is 2. The van der Waals surface area contributed by atoms with E-state index in [1.807, 2.05) is 6.92 Å². The molecule has 1 rings (SSSR count). The van der Waals surface area contributed by atoms with Crippen LogP contribution in [0.4, 0.5) is 0 Å². The Morgan fingerprint density at radius 3 is 1.18 bits per heavy atom. The zero-order chi connectivity index (χ0) is 24.3. The minimum absolute atomic E-state index is 0.0271. The van der Waals surface area contributed by atoms with Crippen molar-refractivity contribution in [2.75, 3.05) is 0 Å². The van der Waals surface area contributed by atoms with Crippen molar-refractivity contribution in [3.63, 3.8) is 0 Å². The fraction of sp³-hybridized carbons (Fsp3) is 0.871. The Balaban J connectivity index is 2.28. The van der Waals surface area contributed by atoms with Crippen molar-refractivity contribution >= 4 is 0 Å². The first-order chi connectivity index (χ1) is 16.0. The van der Waals surface area contributed by atoms with Crippen molar-refractivity contribution in [1.29, 1.82) is 0 Å². The smallest absolute Gasteiger partial charge is 0.205 e. The van der Waals surface area contributed by atoms with Crippen LogP contribution in [0.25, 0.3) is 0 Å². The molecule has 0 atom stereocenters. The van der Waals surface area contributed by atoms with Crippen LogP contribution in [-0.2, 0) is 0 Å². The number of allylic oxidation sites excluding steroid dienone is 2. The summed E-state index contributed by atoms with van der Waals surface area (Å²) in [4.78, 5) is 0. The first-order valence-corrected chi connectivity index (χ1v) is 14.8. The van der Waals surface area contributed by atoms with E-state index in [0.717, 1.165) is 12.8 Å². The number of unbranched alkanes of at least 4 members (excludes halogenated alkanes) is 18. The molecule has 0 spiro atoms. The summed E-state index contributed by atoms with van der Waals surface area (Å²) in [5, 5.41) is 20.3. The Labute approximate surface area is 207 Å². The highest BCUT2D eigenvalue weighted by molar-refractivity contribution is 5.30. The molecule has 0 saturated carbocycles. The maximum absolute atomic E-state index is 10.2. The summed E-state index contributed by atoms with van der Waals surface area (Å²) in [6, 6.07) is 0. The van der Waals surface area contributed by atoms with Crippen LogP contribution in [0.15, 0.2) is 23.8 Å². The number of hydrogen-bond acceptors (Lipinski definition) is 2. The average molecular weight is 463 g/mol. The largest absolute Gasteiger partial charge is 0.359 e. The Morgan fingerprint density at radius 2 is 0.848 bits per heavy atom. The molecular formula is C31H58O2. The summed E-state index contributed by atoms with van der Waals surface area (Å²) in [6.07, 6.45) is 35.4. The van der Waals surface area contributed by atoms with Gasteiger partial charge in [-0.15, -0.1) is 0 Å². The van der Waals surface area contributed by atoms with Gasteiger partial charge in [-0.1, -0.05) is 154 Å². The monoisotopic (exact) mass is 462 g/mol. The summed E-state index contributed by atoms with van der Waals surface area (Å²) in [5.74, 6) is -1.75. The van der Waals surface area contributed by atoms with Crippen molar-refractivity contribution in [1.82, 2.24) is 0 Å². The average Bonchev–Trinajstić information content (AvgIpc) is 2.79. The third-order valence-electron chi connectivity index (χ3n) is 7.72. The van der Waals surface area contributed by atoms with E-state index < -0.39 is 5.79 Å². The molecule has 1 aliphatic rings. The lowest BCUT2D eigenvalue weighted by Crippen LogP contribution is -2.33. The molecule has 194 valence electrons. The van der Waals surface area contributed by atoms with Gasteiger partial charge in [-0.3, -0.25) is 0 Å². The molecule has 0 heterocycles.